The Morgan fingerprint density at radius 2 is 1.88 bits per heavy atom. The number of nitrogens with one attached hydrogen (secondary N) is 1. The smallest absolute Gasteiger partial charge is 0.335 e. The zero-order valence-corrected chi connectivity index (χ0v) is 13.6. The Morgan fingerprint density at radius 3 is 2.50 bits per heavy atom. The lowest BCUT2D eigenvalue weighted by atomic mass is 10.2. The van der Waals surface area contributed by atoms with Crippen LogP contribution in [0.3, 0.4) is 0 Å². The molecule has 1 aliphatic carbocycles. The fourth-order valence-electron chi connectivity index (χ4n) is 2.21. The molecule has 0 atom stereocenters. The molecule has 1 saturated carbocycles. The maximum absolute atomic E-state index is 12.4. The van der Waals surface area contributed by atoms with Gasteiger partial charge in [-0.2, -0.15) is 0 Å². The number of carboxylic acids is 1. The second-order valence-corrected chi connectivity index (χ2v) is 7.40. The van der Waals surface area contributed by atoms with Crippen molar-refractivity contribution in [1.29, 1.82) is 0 Å². The Kier molecular flexibility index (Phi) is 4.44. The molecule has 0 spiro atoms. The lowest BCUT2D eigenvalue weighted by molar-refractivity contribution is 0.0697. The molecule has 2 aromatic rings. The minimum atomic E-state index is -3.69. The zero-order chi connectivity index (χ0) is 17.2. The van der Waals surface area contributed by atoms with Gasteiger partial charge in [-0.3, -0.25) is 4.72 Å². The van der Waals surface area contributed by atoms with E-state index in [1.165, 1.54) is 18.2 Å². The molecule has 1 aliphatic rings. The number of ether oxygens (including phenoxy) is 1. The molecule has 7 heteroatoms. The molecule has 0 aromatic heterocycles. The van der Waals surface area contributed by atoms with Crippen LogP contribution in [0.25, 0.3) is 0 Å². The number of rotatable bonds is 7. The molecule has 126 valence electrons. The molecule has 2 N–H and O–H groups in total. The van der Waals surface area contributed by atoms with E-state index < -0.39 is 16.0 Å². The number of hydrogen-bond acceptors (Lipinski definition) is 4. The summed E-state index contributed by atoms with van der Waals surface area (Å²) in [5, 5.41) is 9.11. The molecular formula is C17H17NO5S. The molecule has 0 amide bonds. The van der Waals surface area contributed by atoms with Crippen LogP contribution >= 0.6 is 0 Å². The predicted molar refractivity (Wildman–Crippen MR) is 89.7 cm³/mol. The van der Waals surface area contributed by atoms with Crippen molar-refractivity contribution < 1.29 is 23.1 Å². The highest BCUT2D eigenvalue weighted by molar-refractivity contribution is 7.91. The van der Waals surface area contributed by atoms with Gasteiger partial charge in [-0.25, -0.2) is 13.2 Å². The van der Waals surface area contributed by atoms with Gasteiger partial charge in [0.25, 0.3) is 0 Å². The van der Waals surface area contributed by atoms with Crippen LogP contribution < -0.4 is 9.46 Å². The van der Waals surface area contributed by atoms with Gasteiger partial charge in [-0.05, 0) is 36.6 Å². The molecular weight excluding hydrogens is 330 g/mol. The first-order chi connectivity index (χ1) is 11.4. The van der Waals surface area contributed by atoms with Crippen LogP contribution in [0.5, 0.6) is 5.75 Å². The number of benzene rings is 2. The second-order valence-electron chi connectivity index (χ2n) is 5.68. The van der Waals surface area contributed by atoms with Gasteiger partial charge in [0.15, 0.2) is 0 Å². The maximum atomic E-state index is 12.4. The Labute approximate surface area is 140 Å². The molecule has 2 aromatic carbocycles. The third-order valence-electron chi connectivity index (χ3n) is 3.51. The van der Waals surface area contributed by atoms with Crippen molar-refractivity contribution >= 4 is 21.7 Å². The standard InChI is InChI=1S/C17H17NO5S/c19-17(20)13-6-9-16(23-14-7-8-14)15(10-13)18-24(21,22)11-12-4-2-1-3-5-12/h1-6,9-10,14,18H,7-8,11H2,(H,19,20). The lowest BCUT2D eigenvalue weighted by Crippen LogP contribution is -2.16. The highest BCUT2D eigenvalue weighted by Gasteiger charge is 2.26. The number of anilines is 1. The molecule has 24 heavy (non-hydrogen) atoms. The van der Waals surface area contributed by atoms with Crippen LogP contribution in [-0.4, -0.2) is 25.6 Å². The van der Waals surface area contributed by atoms with Crippen LogP contribution in [0, 0.1) is 0 Å². The SMILES string of the molecule is O=C(O)c1ccc(OC2CC2)c(NS(=O)(=O)Cc2ccccc2)c1. The van der Waals surface area contributed by atoms with Crippen LogP contribution in [0.2, 0.25) is 0 Å². The van der Waals surface area contributed by atoms with Crippen molar-refractivity contribution in [3.05, 3.63) is 59.7 Å². The summed E-state index contributed by atoms with van der Waals surface area (Å²) in [6, 6.07) is 12.9. The third-order valence-corrected chi connectivity index (χ3v) is 4.75. The number of aromatic carboxylic acids is 1. The van der Waals surface area contributed by atoms with E-state index in [1.807, 2.05) is 6.07 Å². The van der Waals surface area contributed by atoms with Gasteiger partial charge in [0.1, 0.15) is 5.75 Å². The van der Waals surface area contributed by atoms with E-state index in [0.29, 0.717) is 11.3 Å². The Balaban J connectivity index is 1.85. The number of hydrogen-bond donors (Lipinski definition) is 2. The summed E-state index contributed by atoms with van der Waals surface area (Å²) in [6.45, 7) is 0. The number of sulfonamides is 1. The first-order valence-electron chi connectivity index (χ1n) is 7.51. The minimum absolute atomic E-state index is 0.00411. The molecule has 0 bridgehead atoms. The fraction of sp³-hybridized carbons (Fsp3) is 0.235. The van der Waals surface area contributed by atoms with E-state index >= 15 is 0 Å². The van der Waals surface area contributed by atoms with Crippen molar-refractivity contribution in [3.63, 3.8) is 0 Å². The van der Waals surface area contributed by atoms with E-state index in [9.17, 15) is 13.2 Å². The average molecular weight is 347 g/mol. The minimum Gasteiger partial charge on any atom is -0.488 e. The zero-order valence-electron chi connectivity index (χ0n) is 12.8. The molecule has 6 nitrogen and oxygen atoms in total. The average Bonchev–Trinajstić information content (AvgIpc) is 3.33. The molecule has 0 heterocycles. The van der Waals surface area contributed by atoms with E-state index in [-0.39, 0.29) is 23.1 Å². The quantitative estimate of drug-likeness (QED) is 0.803. The topological polar surface area (TPSA) is 92.7 Å². The van der Waals surface area contributed by atoms with Crippen molar-refractivity contribution in [1.82, 2.24) is 0 Å². The molecule has 0 unspecified atom stereocenters. The Hall–Kier alpha value is -2.54. The lowest BCUT2D eigenvalue weighted by Gasteiger charge is -2.14. The number of carboxylic acid groups (broad SMARTS) is 1. The van der Waals surface area contributed by atoms with E-state index in [1.54, 1.807) is 24.3 Å². The third kappa shape index (κ3) is 4.26. The fourth-order valence-corrected chi connectivity index (χ4v) is 3.41. The van der Waals surface area contributed by atoms with Gasteiger partial charge in [-0.15, -0.1) is 0 Å². The van der Waals surface area contributed by atoms with Gasteiger partial charge >= 0.3 is 5.97 Å². The summed E-state index contributed by atoms with van der Waals surface area (Å²) in [7, 11) is -3.69. The summed E-state index contributed by atoms with van der Waals surface area (Å²) in [5.74, 6) is -0.982. The van der Waals surface area contributed by atoms with Gasteiger partial charge < -0.3 is 9.84 Å². The van der Waals surface area contributed by atoms with Gasteiger partial charge in [-0.1, -0.05) is 30.3 Å². The van der Waals surface area contributed by atoms with Crippen molar-refractivity contribution in [2.24, 2.45) is 0 Å². The van der Waals surface area contributed by atoms with E-state index in [2.05, 4.69) is 4.72 Å². The summed E-state index contributed by atoms with van der Waals surface area (Å²) >= 11 is 0. The highest BCUT2D eigenvalue weighted by atomic mass is 32.2. The van der Waals surface area contributed by atoms with Crippen LogP contribution in [0.4, 0.5) is 5.69 Å². The van der Waals surface area contributed by atoms with E-state index in [4.69, 9.17) is 9.84 Å². The second kappa shape index (κ2) is 6.52. The summed E-state index contributed by atoms with van der Waals surface area (Å²) < 4.78 is 32.9. The molecule has 0 aliphatic heterocycles. The normalized spacial score (nSPS) is 14.2. The molecule has 1 fully saturated rings. The summed E-state index contributed by atoms with van der Waals surface area (Å²) in [5.41, 5.74) is 0.789. The molecule has 3 rings (SSSR count). The first kappa shape index (κ1) is 16.3. The van der Waals surface area contributed by atoms with E-state index in [0.717, 1.165) is 12.8 Å². The van der Waals surface area contributed by atoms with Crippen molar-refractivity contribution in [2.45, 2.75) is 24.7 Å². The van der Waals surface area contributed by atoms with Crippen LogP contribution in [0.15, 0.2) is 48.5 Å². The van der Waals surface area contributed by atoms with Crippen LogP contribution in [0.1, 0.15) is 28.8 Å². The molecule has 0 radical (unpaired) electrons. The largest absolute Gasteiger partial charge is 0.488 e. The van der Waals surface area contributed by atoms with Gasteiger partial charge in [0.2, 0.25) is 10.0 Å². The summed E-state index contributed by atoms with van der Waals surface area (Å²) in [4.78, 5) is 11.1. The molecule has 0 saturated heterocycles. The maximum Gasteiger partial charge on any atom is 0.335 e. The van der Waals surface area contributed by atoms with Gasteiger partial charge in [0.05, 0.1) is 23.1 Å². The highest BCUT2D eigenvalue weighted by Crippen LogP contribution is 2.33. The first-order valence-corrected chi connectivity index (χ1v) is 9.16. The number of carbonyl (C=O) groups is 1. The van der Waals surface area contributed by atoms with Gasteiger partial charge in [0, 0.05) is 0 Å². The monoisotopic (exact) mass is 347 g/mol. The van der Waals surface area contributed by atoms with Crippen molar-refractivity contribution in [3.8, 4) is 5.75 Å². The van der Waals surface area contributed by atoms with Crippen LogP contribution in [-0.2, 0) is 15.8 Å². The Morgan fingerprint density at radius 1 is 1.17 bits per heavy atom. The predicted octanol–water partition coefficient (Wildman–Crippen LogP) is 2.87. The van der Waals surface area contributed by atoms with Crippen molar-refractivity contribution in [2.75, 3.05) is 4.72 Å². The Bertz CT molecular complexity index is 845. The summed E-state index contributed by atoms with van der Waals surface area (Å²) in [6.07, 6.45) is 1.89.